The smallest absolute Gasteiger partial charge is 0.249 e. The Morgan fingerprint density at radius 3 is 2.42 bits per heavy atom. The molecule has 9 heteroatoms. The van der Waals surface area contributed by atoms with Gasteiger partial charge in [0.25, 0.3) is 0 Å². The molecule has 2 aromatic carbocycles. The molecule has 0 spiro atoms. The second-order valence-corrected chi connectivity index (χ2v) is 9.39. The largest absolute Gasteiger partial charge is 0.379 e. The number of ether oxygens (including phenoxy) is 1. The van der Waals surface area contributed by atoms with E-state index in [0.717, 1.165) is 42.1 Å². The number of hydrogen-bond donors (Lipinski definition) is 2. The molecule has 1 aliphatic heterocycles. The molecule has 2 aliphatic rings. The zero-order valence-electron chi connectivity index (χ0n) is 18.3. The molecular formula is C24H25N5O3S. The number of hydrogen-bond acceptors (Lipinski definition) is 7. The molecule has 2 amide bonds. The van der Waals surface area contributed by atoms with Crippen molar-refractivity contribution in [3.05, 3.63) is 53.6 Å². The second-order valence-electron chi connectivity index (χ2n) is 8.41. The molecule has 0 radical (unpaired) electrons. The third-order valence-corrected chi connectivity index (χ3v) is 7.33. The Morgan fingerprint density at radius 1 is 1.06 bits per heavy atom. The lowest BCUT2D eigenvalue weighted by molar-refractivity contribution is -0.124. The number of nitrogens with one attached hydrogen (secondary N) is 1. The van der Waals surface area contributed by atoms with Crippen LogP contribution in [0, 0.1) is 6.92 Å². The number of carbonyl (C=O) groups excluding carboxylic acids is 2. The fraction of sp³-hybridized carbons (Fsp3) is 0.333. The number of benzene rings is 2. The van der Waals surface area contributed by atoms with Crippen molar-refractivity contribution in [2.75, 3.05) is 31.6 Å². The van der Waals surface area contributed by atoms with E-state index >= 15 is 0 Å². The van der Waals surface area contributed by atoms with Crippen molar-refractivity contribution in [3.63, 3.8) is 0 Å². The van der Waals surface area contributed by atoms with E-state index < -0.39 is 11.4 Å². The Balaban J connectivity index is 1.53. The van der Waals surface area contributed by atoms with Gasteiger partial charge in [0.15, 0.2) is 5.01 Å². The molecule has 3 aromatic rings. The highest BCUT2D eigenvalue weighted by atomic mass is 32.1. The highest BCUT2D eigenvalue weighted by Gasteiger charge is 2.54. The van der Waals surface area contributed by atoms with Crippen LogP contribution in [0.4, 0.5) is 5.69 Å². The minimum absolute atomic E-state index is 0.0665. The van der Waals surface area contributed by atoms with Gasteiger partial charge in [0.2, 0.25) is 11.8 Å². The monoisotopic (exact) mass is 463 g/mol. The number of nitrogens with two attached hydrogens (primary N) is 1. The van der Waals surface area contributed by atoms with Gasteiger partial charge in [0, 0.05) is 24.2 Å². The van der Waals surface area contributed by atoms with Crippen molar-refractivity contribution in [1.29, 1.82) is 0 Å². The van der Waals surface area contributed by atoms with E-state index in [-0.39, 0.29) is 5.91 Å². The number of aromatic nitrogens is 2. The predicted molar refractivity (Wildman–Crippen MR) is 127 cm³/mol. The molecule has 170 valence electrons. The molecule has 3 N–H and O–H groups in total. The molecule has 2 heterocycles. The summed E-state index contributed by atoms with van der Waals surface area (Å²) in [5.41, 5.74) is 8.35. The average molecular weight is 464 g/mol. The van der Waals surface area contributed by atoms with Crippen molar-refractivity contribution < 1.29 is 14.3 Å². The van der Waals surface area contributed by atoms with E-state index in [0.29, 0.717) is 35.0 Å². The fourth-order valence-corrected chi connectivity index (χ4v) is 5.26. The quantitative estimate of drug-likeness (QED) is 0.581. The van der Waals surface area contributed by atoms with Gasteiger partial charge in [-0.2, -0.15) is 0 Å². The van der Waals surface area contributed by atoms with Gasteiger partial charge in [-0.1, -0.05) is 47.7 Å². The van der Waals surface area contributed by atoms with Crippen molar-refractivity contribution in [2.24, 2.45) is 5.73 Å². The van der Waals surface area contributed by atoms with Crippen LogP contribution < -0.4 is 11.1 Å². The van der Waals surface area contributed by atoms with Crippen LogP contribution in [0.2, 0.25) is 0 Å². The van der Waals surface area contributed by atoms with E-state index in [9.17, 15) is 9.59 Å². The van der Waals surface area contributed by atoms with E-state index in [4.69, 9.17) is 10.5 Å². The molecule has 2 fully saturated rings. The maximum atomic E-state index is 13.5. The number of morpholine rings is 1. The number of anilines is 1. The number of carbonyl (C=O) groups is 2. The molecule has 5 rings (SSSR count). The topological polar surface area (TPSA) is 110 Å². The van der Waals surface area contributed by atoms with Crippen molar-refractivity contribution in [1.82, 2.24) is 15.1 Å². The minimum Gasteiger partial charge on any atom is -0.379 e. The van der Waals surface area contributed by atoms with Crippen LogP contribution in [-0.2, 0) is 9.53 Å². The number of aryl methyl sites for hydroxylation is 1. The summed E-state index contributed by atoms with van der Waals surface area (Å²) in [6.45, 7) is 4.62. The molecule has 33 heavy (non-hydrogen) atoms. The molecule has 8 nitrogen and oxygen atoms in total. The molecule has 1 aromatic heterocycles. The first-order valence-corrected chi connectivity index (χ1v) is 11.8. The van der Waals surface area contributed by atoms with Gasteiger partial charge in [0.1, 0.15) is 10.5 Å². The Kier molecular flexibility index (Phi) is 5.69. The maximum Gasteiger partial charge on any atom is 0.249 e. The highest BCUT2D eigenvalue weighted by molar-refractivity contribution is 7.18. The Bertz CT molecular complexity index is 1200. The fourth-order valence-electron chi connectivity index (χ4n) is 4.34. The number of primary amides is 1. The van der Waals surface area contributed by atoms with E-state index in [2.05, 4.69) is 20.4 Å². The molecule has 1 saturated carbocycles. The van der Waals surface area contributed by atoms with Crippen LogP contribution >= 0.6 is 11.3 Å². The van der Waals surface area contributed by atoms with Crippen LogP contribution in [0.5, 0.6) is 0 Å². The number of amides is 2. The first-order valence-electron chi connectivity index (χ1n) is 11.0. The first-order chi connectivity index (χ1) is 16.0. The summed E-state index contributed by atoms with van der Waals surface area (Å²) in [6.07, 6.45) is 1.61. The average Bonchev–Trinajstić information content (AvgIpc) is 3.51. The highest BCUT2D eigenvalue weighted by Crippen LogP contribution is 2.45. The molecule has 1 aliphatic carbocycles. The minimum atomic E-state index is -0.578. The lowest BCUT2D eigenvalue weighted by atomic mass is 10.0. The zero-order chi connectivity index (χ0) is 23.0. The molecule has 0 bridgehead atoms. The Hall–Kier alpha value is -3.14. The summed E-state index contributed by atoms with van der Waals surface area (Å²) in [5.74, 6) is -0.644. The van der Waals surface area contributed by atoms with Gasteiger partial charge in [-0.05, 0) is 31.4 Å². The molecule has 0 atom stereocenters. The number of rotatable bonds is 6. The maximum absolute atomic E-state index is 13.5. The van der Waals surface area contributed by atoms with Crippen molar-refractivity contribution in [3.8, 4) is 21.1 Å². The van der Waals surface area contributed by atoms with Gasteiger partial charge < -0.3 is 15.8 Å². The third-order valence-electron chi connectivity index (χ3n) is 6.34. The zero-order valence-corrected chi connectivity index (χ0v) is 19.2. The van der Waals surface area contributed by atoms with Gasteiger partial charge in [-0.25, -0.2) is 0 Å². The lowest BCUT2D eigenvalue weighted by Gasteiger charge is -2.34. The summed E-state index contributed by atoms with van der Waals surface area (Å²) in [4.78, 5) is 28.0. The first kappa shape index (κ1) is 21.7. The van der Waals surface area contributed by atoms with Crippen LogP contribution in [0.15, 0.2) is 42.5 Å². The molecule has 0 unspecified atom stereocenters. The van der Waals surface area contributed by atoms with Crippen LogP contribution in [0.1, 0.15) is 28.8 Å². The van der Waals surface area contributed by atoms with Crippen molar-refractivity contribution >= 4 is 28.8 Å². The normalized spacial score (nSPS) is 17.5. The summed E-state index contributed by atoms with van der Waals surface area (Å²) in [7, 11) is 0. The number of nitrogens with zero attached hydrogens (tertiary/aromatic N) is 3. The van der Waals surface area contributed by atoms with Crippen LogP contribution in [0.25, 0.3) is 21.1 Å². The SMILES string of the molecule is Cc1ccc(C(N)=O)c(-c2nnc(-c3ccccc3)s2)c1NC(=O)C1(N2CCOCC2)CC1. The summed E-state index contributed by atoms with van der Waals surface area (Å²) in [6, 6.07) is 13.2. The van der Waals surface area contributed by atoms with E-state index in [1.165, 1.54) is 11.3 Å². The van der Waals surface area contributed by atoms with Gasteiger partial charge in [0.05, 0.1) is 24.5 Å². The predicted octanol–water partition coefficient (Wildman–Crippen LogP) is 3.08. The summed E-state index contributed by atoms with van der Waals surface area (Å²) >= 11 is 1.36. The Labute approximate surface area is 195 Å². The van der Waals surface area contributed by atoms with Gasteiger partial charge in [-0.3, -0.25) is 14.5 Å². The second kappa shape index (κ2) is 8.66. The van der Waals surface area contributed by atoms with Crippen LogP contribution in [-0.4, -0.2) is 58.8 Å². The van der Waals surface area contributed by atoms with Crippen molar-refractivity contribution in [2.45, 2.75) is 25.3 Å². The molecular weight excluding hydrogens is 438 g/mol. The Morgan fingerprint density at radius 2 is 1.76 bits per heavy atom. The van der Waals surface area contributed by atoms with Crippen LogP contribution in [0.3, 0.4) is 0 Å². The lowest BCUT2D eigenvalue weighted by Crippen LogP contribution is -2.51. The summed E-state index contributed by atoms with van der Waals surface area (Å²) in [5, 5.41) is 13.1. The van der Waals surface area contributed by atoms with Gasteiger partial charge in [-0.15, -0.1) is 10.2 Å². The standard InChI is InChI=1S/C24H25N5O3S/c1-15-7-8-17(20(25)30)18(22-28-27-21(33-22)16-5-3-2-4-6-16)19(15)26-23(31)24(9-10-24)29-11-13-32-14-12-29/h2-8H,9-14H2,1H3,(H2,25,30)(H,26,31). The van der Waals surface area contributed by atoms with E-state index in [1.807, 2.05) is 37.3 Å². The summed E-state index contributed by atoms with van der Waals surface area (Å²) < 4.78 is 5.46. The third kappa shape index (κ3) is 4.03. The van der Waals surface area contributed by atoms with E-state index in [1.54, 1.807) is 12.1 Å². The van der Waals surface area contributed by atoms with Gasteiger partial charge >= 0.3 is 0 Å². The molecule has 1 saturated heterocycles.